The third kappa shape index (κ3) is 4.67. The standard InChI is InChI=1S/C24H28F3N5O2/c1-15-12-32(18-8-6-7-17(11-18)24(25,26)27)21-19(15)20(28-14-29-21)31-10-9-30(13-16(31)2)22(33)34-23(3,4)5/h6-8,11-12,14,16H,9-10,13H2,1-5H3/t16-/m0/s1. The van der Waals surface area contributed by atoms with E-state index in [1.165, 1.54) is 12.4 Å². The summed E-state index contributed by atoms with van der Waals surface area (Å²) in [6, 6.07) is 5.13. The Morgan fingerprint density at radius 3 is 2.53 bits per heavy atom. The van der Waals surface area contributed by atoms with Crippen LogP contribution < -0.4 is 4.90 Å². The summed E-state index contributed by atoms with van der Waals surface area (Å²) < 4.78 is 46.9. The average molecular weight is 476 g/mol. The van der Waals surface area contributed by atoms with Crippen LogP contribution in [0.15, 0.2) is 36.8 Å². The Balaban J connectivity index is 1.66. The summed E-state index contributed by atoms with van der Waals surface area (Å²) in [7, 11) is 0. The Hall–Kier alpha value is -3.30. The Bertz CT molecular complexity index is 1220. The van der Waals surface area contributed by atoms with Gasteiger partial charge in [0.25, 0.3) is 0 Å². The Morgan fingerprint density at radius 1 is 1.15 bits per heavy atom. The zero-order chi connectivity index (χ0) is 24.8. The van der Waals surface area contributed by atoms with E-state index < -0.39 is 17.3 Å². The number of halogens is 3. The molecule has 7 nitrogen and oxygen atoms in total. The molecule has 0 unspecified atom stereocenters. The molecule has 3 heterocycles. The maximum atomic E-state index is 13.3. The van der Waals surface area contributed by atoms with E-state index in [1.807, 2.05) is 34.6 Å². The zero-order valence-electron chi connectivity index (χ0n) is 19.8. The molecule has 2 aromatic heterocycles. The van der Waals surface area contributed by atoms with Crippen LogP contribution >= 0.6 is 0 Å². The van der Waals surface area contributed by atoms with Gasteiger partial charge in [0.2, 0.25) is 0 Å². The number of amides is 1. The number of piperazine rings is 1. The average Bonchev–Trinajstić information content (AvgIpc) is 3.09. The van der Waals surface area contributed by atoms with Crippen LogP contribution in [-0.4, -0.2) is 56.8 Å². The lowest BCUT2D eigenvalue weighted by atomic mass is 10.1. The van der Waals surface area contributed by atoms with Crippen molar-refractivity contribution < 1.29 is 22.7 Å². The molecule has 0 spiro atoms. The van der Waals surface area contributed by atoms with Gasteiger partial charge in [0.15, 0.2) is 0 Å². The second kappa shape index (κ2) is 8.48. The van der Waals surface area contributed by atoms with Gasteiger partial charge >= 0.3 is 12.3 Å². The Labute approximate surface area is 196 Å². The highest BCUT2D eigenvalue weighted by Crippen LogP contribution is 2.34. The zero-order valence-corrected chi connectivity index (χ0v) is 19.8. The molecule has 1 aromatic carbocycles. The first-order valence-electron chi connectivity index (χ1n) is 11.1. The van der Waals surface area contributed by atoms with Crippen LogP contribution in [0.4, 0.5) is 23.8 Å². The van der Waals surface area contributed by atoms with Gasteiger partial charge in [-0.3, -0.25) is 0 Å². The number of rotatable bonds is 2. The molecule has 4 rings (SSSR count). The molecule has 1 amide bonds. The number of benzene rings is 1. The van der Waals surface area contributed by atoms with Crippen LogP contribution in [0.25, 0.3) is 16.7 Å². The third-order valence-corrected chi connectivity index (χ3v) is 5.76. The molecule has 1 fully saturated rings. The Kier molecular flexibility index (Phi) is 5.95. The van der Waals surface area contributed by atoms with Crippen LogP contribution in [0.2, 0.25) is 0 Å². The molecule has 34 heavy (non-hydrogen) atoms. The second-order valence-corrected chi connectivity index (χ2v) is 9.59. The number of aromatic nitrogens is 3. The summed E-state index contributed by atoms with van der Waals surface area (Å²) in [5, 5.41) is 0.775. The molecule has 3 aromatic rings. The minimum atomic E-state index is -4.43. The molecule has 10 heteroatoms. The van der Waals surface area contributed by atoms with Gasteiger partial charge in [-0.2, -0.15) is 13.2 Å². The van der Waals surface area contributed by atoms with Crippen molar-refractivity contribution in [3.8, 4) is 5.69 Å². The lowest BCUT2D eigenvalue weighted by Gasteiger charge is -2.41. The first kappa shape index (κ1) is 23.8. The number of hydrogen-bond donors (Lipinski definition) is 0. The van der Waals surface area contributed by atoms with E-state index in [4.69, 9.17) is 4.74 Å². The van der Waals surface area contributed by atoms with Gasteiger partial charge in [-0.05, 0) is 58.4 Å². The monoisotopic (exact) mass is 475 g/mol. The molecule has 182 valence electrons. The first-order valence-corrected chi connectivity index (χ1v) is 11.1. The van der Waals surface area contributed by atoms with Crippen molar-refractivity contribution in [3.05, 3.63) is 47.9 Å². The largest absolute Gasteiger partial charge is 0.444 e. The highest BCUT2D eigenvalue weighted by molar-refractivity contribution is 5.92. The molecule has 0 bridgehead atoms. The predicted molar refractivity (Wildman–Crippen MR) is 123 cm³/mol. The minimum absolute atomic E-state index is 0.0457. The van der Waals surface area contributed by atoms with Crippen molar-refractivity contribution in [2.75, 3.05) is 24.5 Å². The van der Waals surface area contributed by atoms with E-state index in [0.717, 1.165) is 23.1 Å². The number of aryl methyl sites for hydroxylation is 1. The molecule has 0 aliphatic carbocycles. The highest BCUT2D eigenvalue weighted by atomic mass is 19.4. The van der Waals surface area contributed by atoms with Crippen molar-refractivity contribution in [1.82, 2.24) is 19.4 Å². The van der Waals surface area contributed by atoms with Gasteiger partial charge < -0.3 is 19.1 Å². The van der Waals surface area contributed by atoms with Crippen molar-refractivity contribution in [2.24, 2.45) is 0 Å². The number of fused-ring (bicyclic) bond motifs is 1. The molecule has 0 radical (unpaired) electrons. The van der Waals surface area contributed by atoms with E-state index in [1.54, 1.807) is 21.7 Å². The fourth-order valence-corrected chi connectivity index (χ4v) is 4.23. The SMILES string of the molecule is Cc1cn(-c2cccc(C(F)(F)F)c2)c2ncnc(N3CCN(C(=O)OC(C)(C)C)C[C@@H]3C)c12. The summed E-state index contributed by atoms with van der Waals surface area (Å²) in [4.78, 5) is 25.2. The number of anilines is 1. The summed E-state index contributed by atoms with van der Waals surface area (Å²) in [6.45, 7) is 10.9. The van der Waals surface area contributed by atoms with E-state index in [-0.39, 0.29) is 12.1 Å². The van der Waals surface area contributed by atoms with E-state index in [2.05, 4.69) is 14.9 Å². The van der Waals surface area contributed by atoms with E-state index in [0.29, 0.717) is 36.8 Å². The number of carbonyl (C=O) groups excluding carboxylic acids is 1. The van der Waals surface area contributed by atoms with Crippen molar-refractivity contribution >= 4 is 22.9 Å². The van der Waals surface area contributed by atoms with Gasteiger partial charge in [-0.1, -0.05) is 6.07 Å². The van der Waals surface area contributed by atoms with Gasteiger partial charge in [-0.15, -0.1) is 0 Å². The van der Waals surface area contributed by atoms with Gasteiger partial charge in [-0.25, -0.2) is 14.8 Å². The second-order valence-electron chi connectivity index (χ2n) is 9.59. The maximum Gasteiger partial charge on any atom is 0.416 e. The van der Waals surface area contributed by atoms with Crippen LogP contribution in [0.3, 0.4) is 0 Å². The van der Waals surface area contributed by atoms with Crippen LogP contribution in [0, 0.1) is 6.92 Å². The molecule has 1 saturated heterocycles. The van der Waals surface area contributed by atoms with Crippen molar-refractivity contribution in [1.29, 1.82) is 0 Å². The quantitative estimate of drug-likeness (QED) is 0.510. The van der Waals surface area contributed by atoms with Crippen molar-refractivity contribution in [2.45, 2.75) is 52.4 Å². The number of nitrogens with zero attached hydrogens (tertiary/aromatic N) is 5. The fraction of sp³-hybridized carbons (Fsp3) is 0.458. The molecular weight excluding hydrogens is 447 g/mol. The molecule has 1 aliphatic heterocycles. The maximum absolute atomic E-state index is 13.3. The molecule has 0 saturated carbocycles. The van der Waals surface area contributed by atoms with Gasteiger partial charge in [0.1, 0.15) is 23.4 Å². The summed E-state index contributed by atoms with van der Waals surface area (Å²) in [5.74, 6) is 0.699. The first-order chi connectivity index (χ1) is 15.8. The van der Waals surface area contributed by atoms with E-state index in [9.17, 15) is 18.0 Å². The number of alkyl halides is 3. The summed E-state index contributed by atoms with van der Waals surface area (Å²) in [6.07, 6.45) is -1.58. The van der Waals surface area contributed by atoms with Crippen molar-refractivity contribution in [3.63, 3.8) is 0 Å². The van der Waals surface area contributed by atoms with Gasteiger partial charge in [0.05, 0.1) is 10.9 Å². The highest BCUT2D eigenvalue weighted by Gasteiger charge is 2.33. The molecule has 1 atom stereocenters. The van der Waals surface area contributed by atoms with Crippen LogP contribution in [0.1, 0.15) is 38.8 Å². The third-order valence-electron chi connectivity index (χ3n) is 5.76. The summed E-state index contributed by atoms with van der Waals surface area (Å²) in [5.41, 5.74) is 0.471. The predicted octanol–water partition coefficient (Wildman–Crippen LogP) is 5.19. The fourth-order valence-electron chi connectivity index (χ4n) is 4.23. The number of ether oxygens (including phenoxy) is 1. The lowest BCUT2D eigenvalue weighted by Crippen LogP contribution is -2.54. The molecule has 0 N–H and O–H groups in total. The summed E-state index contributed by atoms with van der Waals surface area (Å²) >= 11 is 0. The van der Waals surface area contributed by atoms with E-state index >= 15 is 0 Å². The number of carbonyl (C=O) groups is 1. The topological polar surface area (TPSA) is 63.5 Å². The normalized spacial score (nSPS) is 17.4. The Morgan fingerprint density at radius 2 is 1.88 bits per heavy atom. The minimum Gasteiger partial charge on any atom is -0.444 e. The lowest BCUT2D eigenvalue weighted by molar-refractivity contribution is -0.137. The number of hydrogen-bond acceptors (Lipinski definition) is 5. The smallest absolute Gasteiger partial charge is 0.416 e. The van der Waals surface area contributed by atoms with Crippen LogP contribution in [0.5, 0.6) is 0 Å². The van der Waals surface area contributed by atoms with Gasteiger partial charge in [0, 0.05) is 37.6 Å². The molecule has 1 aliphatic rings. The van der Waals surface area contributed by atoms with Crippen LogP contribution in [-0.2, 0) is 10.9 Å². The molecular formula is C24H28F3N5O2.